The molecule has 0 amide bonds. The number of carbonyl (C=O) groups is 1. The summed E-state index contributed by atoms with van der Waals surface area (Å²) in [6.45, 7) is 2.37. The zero-order valence-corrected chi connectivity index (χ0v) is 8.32. The Labute approximate surface area is 80.2 Å². The van der Waals surface area contributed by atoms with Gasteiger partial charge in [-0.25, -0.2) is 9.78 Å². The van der Waals surface area contributed by atoms with Crippen molar-refractivity contribution in [2.24, 2.45) is 0 Å². The third-order valence-electron chi connectivity index (χ3n) is 1.18. The van der Waals surface area contributed by atoms with Crippen LogP contribution < -0.4 is 0 Å². The van der Waals surface area contributed by atoms with Gasteiger partial charge in [0, 0.05) is 0 Å². The molecule has 0 spiro atoms. The molecular formula is C7H9NO2S2. The second-order valence-electron chi connectivity index (χ2n) is 2.14. The molecule has 5 heteroatoms. The number of carbonyl (C=O) groups excluding carboxylic acids is 1. The van der Waals surface area contributed by atoms with Gasteiger partial charge in [-0.1, -0.05) is 6.92 Å². The highest BCUT2D eigenvalue weighted by Crippen LogP contribution is 2.18. The van der Waals surface area contributed by atoms with E-state index in [1.165, 1.54) is 11.3 Å². The minimum atomic E-state index is -0.386. The fourth-order valence-corrected chi connectivity index (χ4v) is 1.44. The number of esters is 1. The molecule has 0 atom stereocenters. The quantitative estimate of drug-likeness (QED) is 0.603. The van der Waals surface area contributed by atoms with E-state index in [9.17, 15) is 4.79 Å². The number of rotatable bonds is 3. The number of nitrogens with zero attached hydrogens (tertiary/aromatic N) is 1. The molecule has 0 N–H and O–H groups in total. The lowest BCUT2D eigenvalue weighted by Crippen LogP contribution is -2.06. The molecule has 0 fully saturated rings. The van der Waals surface area contributed by atoms with Crippen molar-refractivity contribution in [2.75, 3.05) is 6.61 Å². The van der Waals surface area contributed by atoms with Gasteiger partial charge in [0.1, 0.15) is 0 Å². The maximum atomic E-state index is 11.2. The van der Waals surface area contributed by atoms with Crippen LogP contribution in [0.15, 0.2) is 9.72 Å². The highest BCUT2D eigenvalue weighted by molar-refractivity contribution is 7.82. The zero-order chi connectivity index (χ0) is 8.97. The Morgan fingerprint density at radius 3 is 3.08 bits per heavy atom. The van der Waals surface area contributed by atoms with Gasteiger partial charge in [0.25, 0.3) is 0 Å². The van der Waals surface area contributed by atoms with E-state index >= 15 is 0 Å². The van der Waals surface area contributed by atoms with E-state index in [0.717, 1.165) is 6.42 Å². The second kappa shape index (κ2) is 4.47. The molecule has 1 aromatic heterocycles. The lowest BCUT2D eigenvalue weighted by atomic mass is 10.5. The molecule has 0 aliphatic heterocycles. The maximum Gasteiger partial charge on any atom is 0.358 e. The summed E-state index contributed by atoms with van der Waals surface area (Å²) in [5.41, 5.74) is 1.89. The van der Waals surface area contributed by atoms with Crippen molar-refractivity contribution in [3.63, 3.8) is 0 Å². The van der Waals surface area contributed by atoms with Gasteiger partial charge in [0.05, 0.1) is 16.3 Å². The molecule has 0 radical (unpaired) electrons. The van der Waals surface area contributed by atoms with Gasteiger partial charge in [-0.15, -0.1) is 24.0 Å². The molecule has 0 aromatic carbocycles. The van der Waals surface area contributed by atoms with Crippen LogP contribution in [-0.2, 0) is 4.74 Å². The van der Waals surface area contributed by atoms with Gasteiger partial charge in [-0.3, -0.25) is 0 Å². The standard InChI is InChI=1S/C7H9NO2S2/c1-2-3-10-6(9)5-7(11)12-4-8-5/h4,11H,2-3H2,1H3. The van der Waals surface area contributed by atoms with Crippen LogP contribution in [0.25, 0.3) is 0 Å². The van der Waals surface area contributed by atoms with Crippen LogP contribution in [0.5, 0.6) is 0 Å². The molecule has 66 valence electrons. The normalized spacial score (nSPS) is 9.83. The van der Waals surface area contributed by atoms with Crippen molar-refractivity contribution in [2.45, 2.75) is 17.6 Å². The van der Waals surface area contributed by atoms with Crippen molar-refractivity contribution in [3.05, 3.63) is 11.2 Å². The predicted octanol–water partition coefficient (Wildman–Crippen LogP) is 2.00. The van der Waals surface area contributed by atoms with Gasteiger partial charge in [-0.05, 0) is 6.42 Å². The molecule has 0 aliphatic carbocycles. The first-order valence-electron chi connectivity index (χ1n) is 3.55. The molecule has 0 aliphatic rings. The fraction of sp³-hybridized carbons (Fsp3) is 0.429. The summed E-state index contributed by atoms with van der Waals surface area (Å²) in [6.07, 6.45) is 0.817. The van der Waals surface area contributed by atoms with E-state index in [1.54, 1.807) is 5.51 Å². The first-order valence-corrected chi connectivity index (χ1v) is 4.88. The Balaban J connectivity index is 2.59. The van der Waals surface area contributed by atoms with Gasteiger partial charge < -0.3 is 4.74 Å². The van der Waals surface area contributed by atoms with E-state index < -0.39 is 0 Å². The number of aromatic nitrogens is 1. The van der Waals surface area contributed by atoms with E-state index in [0.29, 0.717) is 16.5 Å². The highest BCUT2D eigenvalue weighted by atomic mass is 32.2. The van der Waals surface area contributed by atoms with Crippen LogP contribution in [0.4, 0.5) is 0 Å². The fourth-order valence-electron chi connectivity index (χ4n) is 0.643. The zero-order valence-electron chi connectivity index (χ0n) is 6.61. The highest BCUT2D eigenvalue weighted by Gasteiger charge is 2.12. The Kier molecular flexibility index (Phi) is 3.55. The molecule has 3 nitrogen and oxygen atoms in total. The Hall–Kier alpha value is -0.550. The summed E-state index contributed by atoms with van der Waals surface area (Å²) < 4.78 is 5.48. The first kappa shape index (κ1) is 9.54. The summed E-state index contributed by atoms with van der Waals surface area (Å²) in [5.74, 6) is -0.386. The molecule has 0 unspecified atom stereocenters. The van der Waals surface area contributed by atoms with Crippen LogP contribution in [0.2, 0.25) is 0 Å². The lowest BCUT2D eigenvalue weighted by Gasteiger charge is -1.99. The minimum absolute atomic E-state index is 0.316. The third kappa shape index (κ3) is 2.22. The van der Waals surface area contributed by atoms with E-state index in [2.05, 4.69) is 17.6 Å². The Morgan fingerprint density at radius 1 is 1.83 bits per heavy atom. The smallest absolute Gasteiger partial charge is 0.358 e. The number of hydrogen-bond acceptors (Lipinski definition) is 5. The van der Waals surface area contributed by atoms with Crippen molar-refractivity contribution < 1.29 is 9.53 Å². The Bertz CT molecular complexity index is 272. The molecule has 0 saturated carbocycles. The number of hydrogen-bond donors (Lipinski definition) is 1. The van der Waals surface area contributed by atoms with E-state index in [-0.39, 0.29) is 5.97 Å². The number of thiol groups is 1. The summed E-state index contributed by atoms with van der Waals surface area (Å²) >= 11 is 5.38. The number of thiazole rings is 1. The van der Waals surface area contributed by atoms with Gasteiger partial charge in [-0.2, -0.15) is 0 Å². The van der Waals surface area contributed by atoms with Crippen molar-refractivity contribution in [3.8, 4) is 0 Å². The third-order valence-corrected chi connectivity index (χ3v) is 2.33. The average Bonchev–Trinajstić information content (AvgIpc) is 2.47. The second-order valence-corrected chi connectivity index (χ2v) is 3.75. The molecule has 0 saturated heterocycles. The molecular weight excluding hydrogens is 194 g/mol. The van der Waals surface area contributed by atoms with Crippen molar-refractivity contribution in [1.29, 1.82) is 0 Å². The van der Waals surface area contributed by atoms with Crippen LogP contribution in [0, 0.1) is 0 Å². The lowest BCUT2D eigenvalue weighted by molar-refractivity contribution is 0.0495. The largest absolute Gasteiger partial charge is 0.461 e. The van der Waals surface area contributed by atoms with Crippen molar-refractivity contribution in [1.82, 2.24) is 4.98 Å². The minimum Gasteiger partial charge on any atom is -0.461 e. The average molecular weight is 203 g/mol. The van der Waals surface area contributed by atoms with E-state index in [4.69, 9.17) is 4.74 Å². The summed E-state index contributed by atoms with van der Waals surface area (Å²) in [5, 5.41) is 0. The van der Waals surface area contributed by atoms with Crippen LogP contribution in [0.1, 0.15) is 23.8 Å². The van der Waals surface area contributed by atoms with Crippen LogP contribution in [-0.4, -0.2) is 17.6 Å². The van der Waals surface area contributed by atoms with E-state index in [1.807, 2.05) is 6.92 Å². The first-order chi connectivity index (χ1) is 5.75. The van der Waals surface area contributed by atoms with Gasteiger partial charge in [0.2, 0.25) is 0 Å². The van der Waals surface area contributed by atoms with Crippen LogP contribution in [0.3, 0.4) is 0 Å². The summed E-state index contributed by atoms with van der Waals surface area (Å²) in [6, 6.07) is 0. The summed E-state index contributed by atoms with van der Waals surface area (Å²) in [4.78, 5) is 15.0. The monoisotopic (exact) mass is 203 g/mol. The Morgan fingerprint density at radius 2 is 2.58 bits per heavy atom. The van der Waals surface area contributed by atoms with Crippen molar-refractivity contribution >= 4 is 29.9 Å². The number of ether oxygens (including phenoxy) is 1. The molecule has 1 rings (SSSR count). The summed E-state index contributed by atoms with van der Waals surface area (Å²) in [7, 11) is 0. The molecule has 0 bridgehead atoms. The SMILES string of the molecule is CCCOC(=O)c1ncsc1S. The molecule has 1 aromatic rings. The van der Waals surface area contributed by atoms with Crippen LogP contribution >= 0.6 is 24.0 Å². The van der Waals surface area contributed by atoms with Gasteiger partial charge in [0.15, 0.2) is 5.69 Å². The maximum absolute atomic E-state index is 11.2. The molecule has 12 heavy (non-hydrogen) atoms. The van der Waals surface area contributed by atoms with Gasteiger partial charge >= 0.3 is 5.97 Å². The topological polar surface area (TPSA) is 39.2 Å². The molecule has 1 heterocycles. The predicted molar refractivity (Wildman–Crippen MR) is 49.9 cm³/mol.